The van der Waals surface area contributed by atoms with Gasteiger partial charge in [0.05, 0.1) is 5.69 Å². The van der Waals surface area contributed by atoms with Gasteiger partial charge in [-0.2, -0.15) is 0 Å². The highest BCUT2D eigenvalue weighted by molar-refractivity contribution is 5.85. The molecule has 1 aromatic rings. The van der Waals surface area contributed by atoms with Gasteiger partial charge in [-0.3, -0.25) is 9.98 Å². The van der Waals surface area contributed by atoms with E-state index >= 15 is 0 Å². The molecule has 3 nitrogen and oxygen atoms in total. The van der Waals surface area contributed by atoms with Gasteiger partial charge >= 0.3 is 0 Å². The molecule has 3 heteroatoms. The van der Waals surface area contributed by atoms with Crippen LogP contribution in [0.1, 0.15) is 12.5 Å². The molecule has 1 rings (SSSR count). The third kappa shape index (κ3) is 1.70. The molecule has 1 N–H and O–H groups in total. The maximum absolute atomic E-state index is 7.02. The normalized spacial score (nSPS) is 10.3. The summed E-state index contributed by atoms with van der Waals surface area (Å²) < 4.78 is 0. The van der Waals surface area contributed by atoms with Crippen LogP contribution in [0.5, 0.6) is 0 Å². The van der Waals surface area contributed by atoms with E-state index in [-0.39, 0.29) is 0 Å². The maximum Gasteiger partial charge on any atom is 0.0743 e. The monoisotopic (exact) mass is 147 g/mol. The van der Waals surface area contributed by atoms with Crippen molar-refractivity contribution in [3.8, 4) is 0 Å². The largest absolute Gasteiger partial charge is 0.308 e. The number of aliphatic imine (C=N–C) groups is 1. The number of hydrogen-bond acceptors (Lipinski definition) is 3. The van der Waals surface area contributed by atoms with Crippen molar-refractivity contribution in [3.63, 3.8) is 0 Å². The van der Waals surface area contributed by atoms with Crippen LogP contribution in [0.2, 0.25) is 0 Å². The minimum Gasteiger partial charge on any atom is -0.308 e. The Morgan fingerprint density at radius 1 is 1.64 bits per heavy atom. The summed E-state index contributed by atoms with van der Waals surface area (Å²) in [5, 5.41) is 7.02. The highest BCUT2D eigenvalue weighted by Crippen LogP contribution is 2.13. The molecular weight excluding hydrogens is 138 g/mol. The summed E-state index contributed by atoms with van der Waals surface area (Å²) in [6.07, 6.45) is 6.22. The number of aromatic nitrogens is 1. The quantitative estimate of drug-likeness (QED) is 0.637. The molecule has 56 valence electrons. The standard InChI is InChI=1S/C8H9N3/c1-2-11-8-3-4-10-6-7(8)5-9/h2-6,9H,1H3. The van der Waals surface area contributed by atoms with Crippen molar-refractivity contribution in [2.75, 3.05) is 0 Å². The Bertz CT molecular complexity index is 278. The highest BCUT2D eigenvalue weighted by Gasteiger charge is 1.93. The summed E-state index contributed by atoms with van der Waals surface area (Å²) in [7, 11) is 0. The maximum atomic E-state index is 7.02. The van der Waals surface area contributed by atoms with E-state index in [0.29, 0.717) is 0 Å². The Labute approximate surface area is 65.3 Å². The molecule has 0 atom stereocenters. The zero-order valence-corrected chi connectivity index (χ0v) is 6.28. The van der Waals surface area contributed by atoms with Gasteiger partial charge in [0, 0.05) is 30.4 Å². The Kier molecular flexibility index (Phi) is 2.49. The van der Waals surface area contributed by atoms with Gasteiger partial charge in [0.2, 0.25) is 0 Å². The van der Waals surface area contributed by atoms with Gasteiger partial charge in [-0.25, -0.2) is 0 Å². The topological polar surface area (TPSA) is 49.1 Å². The lowest BCUT2D eigenvalue weighted by Gasteiger charge is -1.95. The molecule has 1 aromatic heterocycles. The summed E-state index contributed by atoms with van der Waals surface area (Å²) in [6.45, 7) is 1.84. The van der Waals surface area contributed by atoms with E-state index in [2.05, 4.69) is 9.98 Å². The molecule has 0 saturated carbocycles. The second-order valence-corrected chi connectivity index (χ2v) is 1.97. The van der Waals surface area contributed by atoms with Crippen LogP contribution < -0.4 is 0 Å². The number of hydrogen-bond donors (Lipinski definition) is 1. The molecule has 0 aliphatic heterocycles. The molecule has 0 aromatic carbocycles. The van der Waals surface area contributed by atoms with Crippen LogP contribution in [0, 0.1) is 5.41 Å². The molecule has 0 amide bonds. The predicted octanol–water partition coefficient (Wildman–Crippen LogP) is 1.80. The number of nitrogens with one attached hydrogen (secondary N) is 1. The summed E-state index contributed by atoms with van der Waals surface area (Å²) in [5.74, 6) is 0. The molecule has 0 aliphatic rings. The van der Waals surface area contributed by atoms with Crippen molar-refractivity contribution in [2.24, 2.45) is 4.99 Å². The third-order valence-corrected chi connectivity index (χ3v) is 1.25. The molecule has 11 heavy (non-hydrogen) atoms. The van der Waals surface area contributed by atoms with Crippen molar-refractivity contribution in [2.45, 2.75) is 6.92 Å². The molecule has 0 fully saturated rings. The minimum absolute atomic E-state index is 0.741. The fraction of sp³-hybridized carbons (Fsp3) is 0.125. The first kappa shape index (κ1) is 7.60. The predicted molar refractivity (Wildman–Crippen MR) is 45.9 cm³/mol. The summed E-state index contributed by atoms with van der Waals surface area (Å²) in [4.78, 5) is 7.93. The van der Waals surface area contributed by atoms with E-state index in [4.69, 9.17) is 5.41 Å². The van der Waals surface area contributed by atoms with Crippen LogP contribution in [0.25, 0.3) is 0 Å². The Morgan fingerprint density at radius 2 is 2.45 bits per heavy atom. The van der Waals surface area contributed by atoms with Gasteiger partial charge in [0.15, 0.2) is 0 Å². The lowest BCUT2D eigenvalue weighted by Crippen LogP contribution is -1.82. The second-order valence-electron chi connectivity index (χ2n) is 1.97. The second kappa shape index (κ2) is 3.61. The molecule has 0 unspecified atom stereocenters. The van der Waals surface area contributed by atoms with E-state index < -0.39 is 0 Å². The molecule has 0 radical (unpaired) electrons. The van der Waals surface area contributed by atoms with Gasteiger partial charge < -0.3 is 5.41 Å². The lowest BCUT2D eigenvalue weighted by molar-refractivity contribution is 1.30. The zero-order valence-electron chi connectivity index (χ0n) is 6.28. The van der Waals surface area contributed by atoms with Crippen molar-refractivity contribution >= 4 is 18.1 Å². The third-order valence-electron chi connectivity index (χ3n) is 1.25. The van der Waals surface area contributed by atoms with Gasteiger partial charge in [-0.15, -0.1) is 0 Å². The average molecular weight is 147 g/mol. The number of nitrogens with zero attached hydrogens (tertiary/aromatic N) is 2. The zero-order chi connectivity index (χ0) is 8.10. The van der Waals surface area contributed by atoms with Crippen LogP contribution in [0.15, 0.2) is 23.5 Å². The van der Waals surface area contributed by atoms with Gasteiger partial charge in [0.25, 0.3) is 0 Å². The van der Waals surface area contributed by atoms with Crippen LogP contribution in [0.3, 0.4) is 0 Å². The van der Waals surface area contributed by atoms with Crippen LogP contribution >= 0.6 is 0 Å². The Balaban J connectivity index is 3.11. The summed E-state index contributed by atoms with van der Waals surface area (Å²) in [6, 6.07) is 1.78. The fourth-order valence-corrected chi connectivity index (χ4v) is 0.767. The molecule has 0 aliphatic carbocycles. The molecule has 0 saturated heterocycles. The summed E-state index contributed by atoms with van der Waals surface area (Å²) in [5.41, 5.74) is 1.53. The van der Waals surface area contributed by atoms with E-state index in [1.165, 1.54) is 6.21 Å². The van der Waals surface area contributed by atoms with Crippen LogP contribution in [0.4, 0.5) is 5.69 Å². The van der Waals surface area contributed by atoms with Crippen molar-refractivity contribution in [1.82, 2.24) is 4.98 Å². The van der Waals surface area contributed by atoms with E-state index in [9.17, 15) is 0 Å². The minimum atomic E-state index is 0.741. The van der Waals surface area contributed by atoms with Crippen LogP contribution in [-0.2, 0) is 0 Å². The number of rotatable bonds is 2. The van der Waals surface area contributed by atoms with E-state index in [1.807, 2.05) is 6.92 Å². The first-order chi connectivity index (χ1) is 5.38. The smallest absolute Gasteiger partial charge is 0.0743 e. The fourth-order valence-electron chi connectivity index (χ4n) is 0.767. The molecule has 0 spiro atoms. The number of pyridine rings is 1. The first-order valence-electron chi connectivity index (χ1n) is 3.31. The first-order valence-corrected chi connectivity index (χ1v) is 3.31. The van der Waals surface area contributed by atoms with Gasteiger partial charge in [-0.1, -0.05) is 0 Å². The molecule has 0 bridgehead atoms. The van der Waals surface area contributed by atoms with Gasteiger partial charge in [0.1, 0.15) is 0 Å². The summed E-state index contributed by atoms with van der Waals surface area (Å²) >= 11 is 0. The van der Waals surface area contributed by atoms with Crippen molar-refractivity contribution < 1.29 is 0 Å². The lowest BCUT2D eigenvalue weighted by atomic mass is 10.2. The van der Waals surface area contributed by atoms with E-state index in [1.54, 1.807) is 24.7 Å². The highest BCUT2D eigenvalue weighted by atomic mass is 14.7. The SMILES string of the molecule is CC=Nc1ccncc1C=N. The Morgan fingerprint density at radius 3 is 3.09 bits per heavy atom. The van der Waals surface area contributed by atoms with Crippen LogP contribution in [-0.4, -0.2) is 17.4 Å². The molecule has 1 heterocycles. The Hall–Kier alpha value is -1.51. The van der Waals surface area contributed by atoms with Crippen molar-refractivity contribution in [1.29, 1.82) is 5.41 Å². The molecular formula is C8H9N3. The average Bonchev–Trinajstić information content (AvgIpc) is 2.06. The van der Waals surface area contributed by atoms with Gasteiger partial charge in [-0.05, 0) is 13.0 Å². The van der Waals surface area contributed by atoms with E-state index in [0.717, 1.165) is 11.3 Å². The van der Waals surface area contributed by atoms with Crippen molar-refractivity contribution in [3.05, 3.63) is 24.0 Å².